The van der Waals surface area contributed by atoms with Gasteiger partial charge < -0.3 is 0 Å². The molecule has 0 N–H and O–H groups in total. The monoisotopic (exact) mass is 214 g/mol. The smallest absolute Gasteiger partial charge is 0.132 e. The minimum absolute atomic E-state index is 0.398. The maximum absolute atomic E-state index is 10.8. The minimum atomic E-state index is 0.398. The molecule has 0 spiro atoms. The molecule has 1 aliphatic rings. The standard InChI is InChI=1S/C8H14O.C4H10.C2H6/c1-7(9)8-5-3-2-4-6-8;1-3-4-2;1-2/h8H,2-6H2,1H3;3-4H2,1-2H3;1-2H3. The highest BCUT2D eigenvalue weighted by Gasteiger charge is 2.16. The van der Waals surface area contributed by atoms with Crippen LogP contribution >= 0.6 is 0 Å². The molecule has 0 aromatic carbocycles. The molecule has 0 aliphatic heterocycles. The van der Waals surface area contributed by atoms with Crippen LogP contribution in [0.1, 0.15) is 79.6 Å². The molecule has 1 saturated carbocycles. The van der Waals surface area contributed by atoms with Crippen LogP contribution in [0.4, 0.5) is 0 Å². The molecule has 15 heavy (non-hydrogen) atoms. The molecule has 0 bridgehead atoms. The molecule has 1 fully saturated rings. The highest BCUT2D eigenvalue weighted by atomic mass is 16.1. The summed E-state index contributed by atoms with van der Waals surface area (Å²) in [7, 11) is 0. The summed E-state index contributed by atoms with van der Waals surface area (Å²) in [5.41, 5.74) is 0. The Morgan fingerprint density at radius 3 is 1.60 bits per heavy atom. The molecule has 0 saturated heterocycles. The molecular formula is C14H30O. The molecule has 0 atom stereocenters. The zero-order valence-electron chi connectivity index (χ0n) is 11.4. The third kappa shape index (κ3) is 11.6. The average Bonchev–Trinajstić information content (AvgIpc) is 2.33. The Morgan fingerprint density at radius 2 is 1.40 bits per heavy atom. The van der Waals surface area contributed by atoms with Gasteiger partial charge in [-0.25, -0.2) is 0 Å². The van der Waals surface area contributed by atoms with E-state index in [0.29, 0.717) is 11.7 Å². The second kappa shape index (κ2) is 13.7. The molecule has 1 heteroatoms. The molecule has 0 aromatic heterocycles. The fourth-order valence-electron chi connectivity index (χ4n) is 1.51. The maximum Gasteiger partial charge on any atom is 0.132 e. The Bertz CT molecular complexity index is 121. The number of hydrogen-bond donors (Lipinski definition) is 0. The van der Waals surface area contributed by atoms with Crippen LogP contribution < -0.4 is 0 Å². The van der Waals surface area contributed by atoms with Crippen molar-refractivity contribution in [1.82, 2.24) is 0 Å². The third-order valence-electron chi connectivity index (χ3n) is 2.68. The van der Waals surface area contributed by atoms with Crippen molar-refractivity contribution >= 4 is 5.78 Å². The van der Waals surface area contributed by atoms with Gasteiger partial charge in [-0.2, -0.15) is 0 Å². The zero-order chi connectivity index (χ0) is 12.1. The van der Waals surface area contributed by atoms with Gasteiger partial charge in [0.1, 0.15) is 5.78 Å². The minimum Gasteiger partial charge on any atom is -0.300 e. The summed E-state index contributed by atoms with van der Waals surface area (Å²) in [6.07, 6.45) is 8.81. The number of rotatable bonds is 2. The molecule has 0 amide bonds. The van der Waals surface area contributed by atoms with E-state index in [9.17, 15) is 4.79 Å². The van der Waals surface area contributed by atoms with E-state index in [2.05, 4.69) is 13.8 Å². The predicted molar refractivity (Wildman–Crippen MR) is 69.2 cm³/mol. The van der Waals surface area contributed by atoms with Gasteiger partial charge in [0.15, 0.2) is 0 Å². The van der Waals surface area contributed by atoms with Gasteiger partial charge in [-0.15, -0.1) is 0 Å². The normalized spacial score (nSPS) is 15.5. The molecule has 1 nitrogen and oxygen atoms in total. The predicted octanol–water partition coefficient (Wildman–Crippen LogP) is 4.99. The average molecular weight is 214 g/mol. The van der Waals surface area contributed by atoms with E-state index >= 15 is 0 Å². The number of Topliss-reactive ketones (excluding diaryl/α,β-unsaturated/α-hetero) is 1. The first-order chi connectivity index (χ1) is 7.22. The molecule has 1 rings (SSSR count). The summed E-state index contributed by atoms with van der Waals surface area (Å²) in [5.74, 6) is 0.813. The van der Waals surface area contributed by atoms with Crippen LogP contribution in [0.3, 0.4) is 0 Å². The van der Waals surface area contributed by atoms with Gasteiger partial charge in [-0.05, 0) is 19.8 Å². The lowest BCUT2D eigenvalue weighted by molar-refractivity contribution is -0.121. The number of carbonyl (C=O) groups excluding carboxylic acids is 1. The Hall–Kier alpha value is -0.330. The largest absolute Gasteiger partial charge is 0.300 e. The summed E-state index contributed by atoms with van der Waals surface area (Å²) in [6.45, 7) is 10.1. The van der Waals surface area contributed by atoms with Gasteiger partial charge in [0, 0.05) is 5.92 Å². The van der Waals surface area contributed by atoms with Crippen LogP contribution in [0, 0.1) is 5.92 Å². The molecule has 0 heterocycles. The lowest BCUT2D eigenvalue weighted by atomic mass is 9.87. The van der Waals surface area contributed by atoms with Crippen molar-refractivity contribution in [2.45, 2.75) is 79.6 Å². The van der Waals surface area contributed by atoms with Crippen LogP contribution in [0.15, 0.2) is 0 Å². The highest BCUT2D eigenvalue weighted by molar-refractivity contribution is 5.78. The van der Waals surface area contributed by atoms with Crippen molar-refractivity contribution in [2.75, 3.05) is 0 Å². The van der Waals surface area contributed by atoms with Gasteiger partial charge in [0.05, 0.1) is 0 Å². The van der Waals surface area contributed by atoms with Gasteiger partial charge >= 0.3 is 0 Å². The molecule has 1 aliphatic carbocycles. The second-order valence-corrected chi connectivity index (χ2v) is 3.95. The first kappa shape index (κ1) is 17.1. The Kier molecular flexibility index (Phi) is 15.6. The Labute approximate surface area is 96.7 Å². The van der Waals surface area contributed by atoms with Crippen LogP contribution in [0.2, 0.25) is 0 Å². The second-order valence-electron chi connectivity index (χ2n) is 3.95. The van der Waals surface area contributed by atoms with Gasteiger partial charge in [-0.1, -0.05) is 59.8 Å². The fourth-order valence-corrected chi connectivity index (χ4v) is 1.51. The Morgan fingerprint density at radius 1 is 1.00 bits per heavy atom. The summed E-state index contributed by atoms with van der Waals surface area (Å²) in [6, 6.07) is 0. The van der Waals surface area contributed by atoms with Crippen LogP contribution in [0.25, 0.3) is 0 Å². The van der Waals surface area contributed by atoms with Crippen molar-refractivity contribution in [3.63, 3.8) is 0 Å². The highest BCUT2D eigenvalue weighted by Crippen LogP contribution is 2.23. The van der Waals surface area contributed by atoms with Crippen LogP contribution in [-0.4, -0.2) is 5.78 Å². The van der Waals surface area contributed by atoms with E-state index in [4.69, 9.17) is 0 Å². The van der Waals surface area contributed by atoms with E-state index in [-0.39, 0.29) is 0 Å². The number of hydrogen-bond acceptors (Lipinski definition) is 1. The van der Waals surface area contributed by atoms with Crippen molar-refractivity contribution < 1.29 is 4.79 Å². The van der Waals surface area contributed by atoms with E-state index in [0.717, 1.165) is 12.8 Å². The van der Waals surface area contributed by atoms with Gasteiger partial charge in [-0.3, -0.25) is 4.79 Å². The lowest BCUT2D eigenvalue weighted by Crippen LogP contribution is -2.13. The van der Waals surface area contributed by atoms with Crippen LogP contribution in [0.5, 0.6) is 0 Å². The van der Waals surface area contributed by atoms with E-state index in [1.54, 1.807) is 6.92 Å². The van der Waals surface area contributed by atoms with Crippen molar-refractivity contribution in [3.8, 4) is 0 Å². The van der Waals surface area contributed by atoms with Gasteiger partial charge in [0.2, 0.25) is 0 Å². The molecule has 0 radical (unpaired) electrons. The van der Waals surface area contributed by atoms with E-state index in [1.807, 2.05) is 13.8 Å². The quantitative estimate of drug-likeness (QED) is 0.633. The summed E-state index contributed by atoms with van der Waals surface area (Å²) < 4.78 is 0. The van der Waals surface area contributed by atoms with E-state index < -0.39 is 0 Å². The van der Waals surface area contributed by atoms with Gasteiger partial charge in [0.25, 0.3) is 0 Å². The van der Waals surface area contributed by atoms with Crippen molar-refractivity contribution in [1.29, 1.82) is 0 Å². The zero-order valence-corrected chi connectivity index (χ0v) is 11.4. The first-order valence-electron chi connectivity index (χ1n) is 6.72. The number of carbonyl (C=O) groups is 1. The summed E-state index contributed by atoms with van der Waals surface area (Å²) >= 11 is 0. The third-order valence-corrected chi connectivity index (χ3v) is 2.68. The lowest BCUT2D eigenvalue weighted by Gasteiger charge is -2.17. The van der Waals surface area contributed by atoms with Crippen molar-refractivity contribution in [2.24, 2.45) is 5.92 Å². The summed E-state index contributed by atoms with van der Waals surface area (Å²) in [5, 5.41) is 0. The number of unbranched alkanes of at least 4 members (excludes halogenated alkanes) is 1. The fraction of sp³-hybridized carbons (Fsp3) is 0.929. The molecular weight excluding hydrogens is 184 g/mol. The molecule has 0 unspecified atom stereocenters. The topological polar surface area (TPSA) is 17.1 Å². The molecule has 0 aromatic rings. The maximum atomic E-state index is 10.8. The van der Waals surface area contributed by atoms with Crippen LogP contribution in [-0.2, 0) is 4.79 Å². The first-order valence-corrected chi connectivity index (χ1v) is 6.72. The molecule has 92 valence electrons. The van der Waals surface area contributed by atoms with E-state index in [1.165, 1.54) is 32.1 Å². The number of ketones is 1. The van der Waals surface area contributed by atoms with Crippen molar-refractivity contribution in [3.05, 3.63) is 0 Å². The summed E-state index contributed by atoms with van der Waals surface area (Å²) in [4.78, 5) is 10.8. The SMILES string of the molecule is CC.CC(=O)C1CCCCC1.CCCC. The Balaban J connectivity index is 0.